The summed E-state index contributed by atoms with van der Waals surface area (Å²) in [4.78, 5) is 24.4. The number of likely N-dealkylation sites (tertiary alicyclic amines) is 1. The van der Waals surface area contributed by atoms with Crippen molar-refractivity contribution in [3.63, 3.8) is 0 Å². The summed E-state index contributed by atoms with van der Waals surface area (Å²) in [6.45, 7) is 4.46. The fourth-order valence-electron chi connectivity index (χ4n) is 2.33. The topological polar surface area (TPSA) is 78.9 Å². The van der Waals surface area contributed by atoms with E-state index in [9.17, 15) is 9.59 Å². The molecule has 2 amide bonds. The molecular formula is C13H22N2O4. The first kappa shape index (κ1) is 14.1. The van der Waals surface area contributed by atoms with Gasteiger partial charge in [0.05, 0.1) is 12.5 Å². The number of carbonyl (C=O) groups is 2. The number of aliphatic carboxylic acids is 1. The normalized spacial score (nSPS) is 26.5. The van der Waals surface area contributed by atoms with E-state index in [1.165, 1.54) is 12.8 Å². The first-order valence-electron chi connectivity index (χ1n) is 6.91. The Morgan fingerprint density at radius 1 is 1.37 bits per heavy atom. The van der Waals surface area contributed by atoms with Crippen molar-refractivity contribution in [3.8, 4) is 0 Å². The predicted octanol–water partition coefficient (Wildman–Crippen LogP) is 0.775. The zero-order valence-electron chi connectivity index (χ0n) is 11.3. The van der Waals surface area contributed by atoms with E-state index >= 15 is 0 Å². The van der Waals surface area contributed by atoms with Crippen LogP contribution in [0.1, 0.15) is 19.8 Å². The number of carboxylic acid groups (broad SMARTS) is 1. The van der Waals surface area contributed by atoms with Crippen LogP contribution in [0.3, 0.4) is 0 Å². The molecule has 0 aromatic carbocycles. The van der Waals surface area contributed by atoms with Crippen LogP contribution in [-0.4, -0.2) is 54.9 Å². The van der Waals surface area contributed by atoms with Gasteiger partial charge < -0.3 is 20.1 Å². The first-order valence-corrected chi connectivity index (χ1v) is 6.91. The van der Waals surface area contributed by atoms with E-state index in [0.29, 0.717) is 26.2 Å². The number of hydrogen-bond acceptors (Lipinski definition) is 3. The van der Waals surface area contributed by atoms with E-state index in [0.717, 1.165) is 12.5 Å². The number of amides is 2. The number of hydrogen-bond donors (Lipinski definition) is 2. The molecule has 1 heterocycles. The Morgan fingerprint density at radius 2 is 2.11 bits per heavy atom. The molecule has 1 aliphatic heterocycles. The zero-order valence-corrected chi connectivity index (χ0v) is 11.3. The molecule has 1 saturated carbocycles. The van der Waals surface area contributed by atoms with Gasteiger partial charge in [-0.05, 0) is 24.7 Å². The number of carbonyl (C=O) groups excluding carboxylic acids is 1. The maximum atomic E-state index is 11.8. The molecular weight excluding hydrogens is 248 g/mol. The number of ether oxygens (including phenoxy) is 1. The molecule has 0 radical (unpaired) electrons. The number of urea groups is 1. The minimum Gasteiger partial charge on any atom is -0.481 e. The molecule has 2 aliphatic rings. The van der Waals surface area contributed by atoms with Crippen LogP contribution in [0.15, 0.2) is 0 Å². The van der Waals surface area contributed by atoms with E-state index in [4.69, 9.17) is 9.84 Å². The predicted molar refractivity (Wildman–Crippen MR) is 68.8 cm³/mol. The second-order valence-corrected chi connectivity index (χ2v) is 5.58. The lowest BCUT2D eigenvalue weighted by Crippen LogP contribution is -2.40. The summed E-state index contributed by atoms with van der Waals surface area (Å²) < 4.78 is 5.42. The van der Waals surface area contributed by atoms with Crippen LogP contribution < -0.4 is 5.32 Å². The zero-order chi connectivity index (χ0) is 13.8. The van der Waals surface area contributed by atoms with Gasteiger partial charge in [0, 0.05) is 26.2 Å². The van der Waals surface area contributed by atoms with Gasteiger partial charge in [0.1, 0.15) is 0 Å². The molecule has 0 aromatic rings. The SMILES string of the molecule is CC1CN(C(=O)NCCOCC2CC2)CC1C(=O)O. The number of nitrogens with one attached hydrogen (secondary N) is 1. The van der Waals surface area contributed by atoms with Gasteiger partial charge in [-0.15, -0.1) is 0 Å². The molecule has 2 fully saturated rings. The summed E-state index contributed by atoms with van der Waals surface area (Å²) in [5.41, 5.74) is 0. The summed E-state index contributed by atoms with van der Waals surface area (Å²) in [6, 6.07) is -0.189. The molecule has 0 aromatic heterocycles. The Kier molecular flexibility index (Phi) is 4.63. The van der Waals surface area contributed by atoms with Crippen molar-refractivity contribution in [2.24, 2.45) is 17.8 Å². The minimum atomic E-state index is -0.824. The lowest BCUT2D eigenvalue weighted by molar-refractivity contribution is -0.142. The largest absolute Gasteiger partial charge is 0.481 e. The number of rotatable bonds is 6. The Morgan fingerprint density at radius 3 is 2.68 bits per heavy atom. The highest BCUT2D eigenvalue weighted by Gasteiger charge is 2.36. The van der Waals surface area contributed by atoms with Gasteiger partial charge in [-0.3, -0.25) is 4.79 Å². The second-order valence-electron chi connectivity index (χ2n) is 5.58. The van der Waals surface area contributed by atoms with Gasteiger partial charge in [-0.2, -0.15) is 0 Å². The number of carboxylic acids is 1. The summed E-state index contributed by atoms with van der Waals surface area (Å²) in [7, 11) is 0. The lowest BCUT2D eigenvalue weighted by atomic mass is 9.99. The highest BCUT2D eigenvalue weighted by atomic mass is 16.5. The van der Waals surface area contributed by atoms with Crippen LogP contribution in [-0.2, 0) is 9.53 Å². The van der Waals surface area contributed by atoms with Gasteiger partial charge in [-0.25, -0.2) is 4.79 Å². The maximum absolute atomic E-state index is 11.8. The first-order chi connectivity index (χ1) is 9.08. The van der Waals surface area contributed by atoms with Crippen molar-refractivity contribution < 1.29 is 19.4 Å². The van der Waals surface area contributed by atoms with Crippen molar-refractivity contribution in [2.45, 2.75) is 19.8 Å². The summed E-state index contributed by atoms with van der Waals surface area (Å²) in [5.74, 6) is -0.534. The molecule has 19 heavy (non-hydrogen) atoms. The monoisotopic (exact) mass is 270 g/mol. The van der Waals surface area contributed by atoms with Crippen LogP contribution in [0.4, 0.5) is 4.79 Å². The molecule has 108 valence electrons. The third-order valence-corrected chi connectivity index (χ3v) is 3.79. The van der Waals surface area contributed by atoms with E-state index < -0.39 is 11.9 Å². The summed E-state index contributed by atoms with van der Waals surface area (Å²) in [6.07, 6.45) is 2.52. The molecule has 1 aliphatic carbocycles. The molecule has 1 saturated heterocycles. The van der Waals surface area contributed by atoms with Crippen LogP contribution in [0.2, 0.25) is 0 Å². The molecule has 2 rings (SSSR count). The fraction of sp³-hybridized carbons (Fsp3) is 0.846. The molecule has 6 heteroatoms. The second kappa shape index (κ2) is 6.23. The molecule has 2 atom stereocenters. The van der Waals surface area contributed by atoms with Crippen LogP contribution in [0, 0.1) is 17.8 Å². The molecule has 2 N–H and O–H groups in total. The Hall–Kier alpha value is -1.30. The van der Waals surface area contributed by atoms with Crippen LogP contribution in [0.25, 0.3) is 0 Å². The van der Waals surface area contributed by atoms with Gasteiger partial charge in [0.15, 0.2) is 0 Å². The van der Waals surface area contributed by atoms with Crippen molar-refractivity contribution >= 4 is 12.0 Å². The van der Waals surface area contributed by atoms with Gasteiger partial charge in [-0.1, -0.05) is 6.92 Å². The average Bonchev–Trinajstić information content (AvgIpc) is 3.09. The highest BCUT2D eigenvalue weighted by molar-refractivity contribution is 5.77. The van der Waals surface area contributed by atoms with E-state index in [1.807, 2.05) is 6.92 Å². The quantitative estimate of drug-likeness (QED) is 0.699. The lowest BCUT2D eigenvalue weighted by Gasteiger charge is -2.16. The minimum absolute atomic E-state index is 0.00867. The van der Waals surface area contributed by atoms with Gasteiger partial charge in [0.25, 0.3) is 0 Å². The number of nitrogens with zero attached hydrogens (tertiary/aromatic N) is 1. The van der Waals surface area contributed by atoms with Crippen LogP contribution in [0.5, 0.6) is 0 Å². The Bertz CT molecular complexity index is 344. The maximum Gasteiger partial charge on any atom is 0.317 e. The Balaban J connectivity index is 1.61. The van der Waals surface area contributed by atoms with Gasteiger partial charge in [0.2, 0.25) is 0 Å². The van der Waals surface area contributed by atoms with Crippen molar-refractivity contribution in [2.75, 3.05) is 32.8 Å². The highest BCUT2D eigenvalue weighted by Crippen LogP contribution is 2.28. The molecule has 0 bridgehead atoms. The molecule has 2 unspecified atom stereocenters. The average molecular weight is 270 g/mol. The summed E-state index contributed by atoms with van der Waals surface area (Å²) >= 11 is 0. The van der Waals surface area contributed by atoms with Crippen molar-refractivity contribution in [1.29, 1.82) is 0 Å². The van der Waals surface area contributed by atoms with Crippen LogP contribution >= 0.6 is 0 Å². The fourth-order valence-corrected chi connectivity index (χ4v) is 2.33. The van der Waals surface area contributed by atoms with E-state index in [2.05, 4.69) is 5.32 Å². The van der Waals surface area contributed by atoms with E-state index in [-0.39, 0.29) is 11.9 Å². The van der Waals surface area contributed by atoms with Crippen molar-refractivity contribution in [1.82, 2.24) is 10.2 Å². The Labute approximate surface area is 113 Å². The van der Waals surface area contributed by atoms with Crippen molar-refractivity contribution in [3.05, 3.63) is 0 Å². The van der Waals surface area contributed by atoms with Gasteiger partial charge >= 0.3 is 12.0 Å². The third-order valence-electron chi connectivity index (χ3n) is 3.79. The van der Waals surface area contributed by atoms with E-state index in [1.54, 1.807) is 4.90 Å². The third kappa shape index (κ3) is 4.09. The smallest absolute Gasteiger partial charge is 0.317 e. The standard InChI is InChI=1S/C13H22N2O4/c1-9-6-15(7-11(9)12(16)17)13(18)14-4-5-19-8-10-2-3-10/h9-11H,2-8H2,1H3,(H,14,18)(H,16,17). The summed E-state index contributed by atoms with van der Waals surface area (Å²) in [5, 5.41) is 11.8. The molecule has 6 nitrogen and oxygen atoms in total. The molecule has 0 spiro atoms.